The number of hydrogen-bond donors (Lipinski definition) is 1. The zero-order valence-corrected chi connectivity index (χ0v) is 14.2. The number of nitro groups is 1. The highest BCUT2D eigenvalue weighted by molar-refractivity contribution is 5.94. The molecule has 1 aliphatic heterocycles. The number of esters is 1. The molecule has 0 atom stereocenters. The number of halogens is 3. The molecule has 0 bridgehead atoms. The minimum atomic E-state index is -4.73. The van der Waals surface area contributed by atoms with Gasteiger partial charge in [0.25, 0.3) is 11.6 Å². The molecule has 1 saturated heterocycles. The predicted octanol–water partition coefficient (Wildman–Crippen LogP) is 1.94. The molecule has 1 aromatic rings. The maximum Gasteiger partial charge on any atom is 0.416 e. The van der Waals surface area contributed by atoms with Crippen molar-refractivity contribution in [2.75, 3.05) is 31.6 Å². The Balaban J connectivity index is 1.85. The molecule has 10 nitrogen and oxygen atoms in total. The van der Waals surface area contributed by atoms with E-state index in [1.807, 2.05) is 0 Å². The Labute approximate surface area is 155 Å². The van der Waals surface area contributed by atoms with Crippen molar-refractivity contribution in [1.29, 1.82) is 0 Å². The smallest absolute Gasteiger partial charge is 0.416 e. The quantitative estimate of drug-likeness (QED) is 0.414. The molecule has 152 valence electrons. The van der Waals surface area contributed by atoms with Crippen LogP contribution in [-0.4, -0.2) is 54.1 Å². The van der Waals surface area contributed by atoms with Gasteiger partial charge in [-0.2, -0.15) is 13.2 Å². The van der Waals surface area contributed by atoms with Gasteiger partial charge in [-0.1, -0.05) is 0 Å². The average molecular weight is 405 g/mol. The Hall–Kier alpha value is -3.38. The molecule has 1 N–H and O–H groups in total. The Morgan fingerprint density at radius 1 is 1.36 bits per heavy atom. The van der Waals surface area contributed by atoms with Crippen LogP contribution in [0, 0.1) is 10.1 Å². The highest BCUT2D eigenvalue weighted by atomic mass is 19.4. The van der Waals surface area contributed by atoms with Crippen molar-refractivity contribution in [3.63, 3.8) is 0 Å². The number of ether oxygens (including phenoxy) is 2. The summed E-state index contributed by atoms with van der Waals surface area (Å²) in [7, 11) is 0. The lowest BCUT2D eigenvalue weighted by Gasteiger charge is -2.12. The van der Waals surface area contributed by atoms with Crippen LogP contribution in [0.1, 0.15) is 12.0 Å². The SMILES string of the molecule is O=C(CCNc1ccc(C(F)(F)F)cc1[N+](=O)[O-])OCC(=O)N1CCOC1=O. The number of amides is 2. The number of carbonyl (C=O) groups excluding carboxylic acids is 3. The van der Waals surface area contributed by atoms with E-state index in [2.05, 4.69) is 14.8 Å². The lowest BCUT2D eigenvalue weighted by Crippen LogP contribution is -2.35. The first kappa shape index (κ1) is 20.9. The van der Waals surface area contributed by atoms with Crippen LogP contribution in [0.3, 0.4) is 0 Å². The fourth-order valence-corrected chi connectivity index (χ4v) is 2.22. The number of benzene rings is 1. The van der Waals surface area contributed by atoms with Gasteiger partial charge in [-0.05, 0) is 12.1 Å². The second-order valence-electron chi connectivity index (χ2n) is 5.48. The molecule has 28 heavy (non-hydrogen) atoms. The summed E-state index contributed by atoms with van der Waals surface area (Å²) in [5, 5.41) is 13.4. The normalized spacial score (nSPS) is 13.8. The Morgan fingerprint density at radius 3 is 2.64 bits per heavy atom. The lowest BCUT2D eigenvalue weighted by atomic mass is 10.1. The van der Waals surface area contributed by atoms with Crippen LogP contribution in [0.4, 0.5) is 29.3 Å². The number of alkyl halides is 3. The van der Waals surface area contributed by atoms with E-state index in [1.54, 1.807) is 0 Å². The molecule has 1 aliphatic rings. The minimum Gasteiger partial charge on any atom is -0.455 e. The number of hydrogen-bond acceptors (Lipinski definition) is 8. The van der Waals surface area contributed by atoms with Crippen molar-refractivity contribution < 1.29 is 42.0 Å². The Kier molecular flexibility index (Phi) is 6.38. The van der Waals surface area contributed by atoms with E-state index < -0.39 is 46.9 Å². The first-order valence-electron chi connectivity index (χ1n) is 7.82. The van der Waals surface area contributed by atoms with Crippen molar-refractivity contribution in [2.24, 2.45) is 0 Å². The minimum absolute atomic E-state index is 0.0499. The molecule has 0 aromatic heterocycles. The molecular formula is C15H14F3N3O7. The molecule has 0 aliphatic carbocycles. The summed E-state index contributed by atoms with van der Waals surface area (Å²) in [6.45, 7) is -0.776. The lowest BCUT2D eigenvalue weighted by molar-refractivity contribution is -0.384. The highest BCUT2D eigenvalue weighted by Crippen LogP contribution is 2.34. The van der Waals surface area contributed by atoms with E-state index in [1.165, 1.54) is 0 Å². The molecule has 1 fully saturated rings. The van der Waals surface area contributed by atoms with Gasteiger partial charge < -0.3 is 14.8 Å². The fourth-order valence-electron chi connectivity index (χ4n) is 2.22. The van der Waals surface area contributed by atoms with Gasteiger partial charge >= 0.3 is 18.2 Å². The topological polar surface area (TPSA) is 128 Å². The van der Waals surface area contributed by atoms with Crippen molar-refractivity contribution >= 4 is 29.3 Å². The van der Waals surface area contributed by atoms with E-state index in [-0.39, 0.29) is 31.8 Å². The fraction of sp³-hybridized carbons (Fsp3) is 0.400. The van der Waals surface area contributed by atoms with Crippen LogP contribution >= 0.6 is 0 Å². The van der Waals surface area contributed by atoms with Gasteiger partial charge in [0.1, 0.15) is 12.3 Å². The van der Waals surface area contributed by atoms with E-state index in [0.717, 1.165) is 11.0 Å². The number of nitrogens with one attached hydrogen (secondary N) is 1. The second kappa shape index (κ2) is 8.54. The number of carbonyl (C=O) groups is 3. The van der Waals surface area contributed by atoms with Gasteiger partial charge in [0, 0.05) is 12.6 Å². The van der Waals surface area contributed by atoms with Crippen molar-refractivity contribution in [2.45, 2.75) is 12.6 Å². The van der Waals surface area contributed by atoms with Crippen LogP contribution in [0.5, 0.6) is 0 Å². The van der Waals surface area contributed by atoms with Crippen molar-refractivity contribution in [3.05, 3.63) is 33.9 Å². The monoisotopic (exact) mass is 405 g/mol. The van der Waals surface area contributed by atoms with Gasteiger partial charge in [-0.3, -0.25) is 19.7 Å². The molecule has 1 aromatic carbocycles. The van der Waals surface area contributed by atoms with Crippen molar-refractivity contribution in [3.8, 4) is 0 Å². The molecule has 0 spiro atoms. The Bertz CT molecular complexity index is 798. The summed E-state index contributed by atoms with van der Waals surface area (Å²) in [6, 6.07) is 1.94. The number of nitrogens with zero attached hydrogens (tertiary/aromatic N) is 2. The summed E-state index contributed by atoms with van der Waals surface area (Å²) in [5.74, 6) is -1.61. The van der Waals surface area contributed by atoms with E-state index in [9.17, 15) is 37.7 Å². The number of nitro benzene ring substituents is 1. The molecule has 2 rings (SSSR count). The largest absolute Gasteiger partial charge is 0.455 e. The van der Waals surface area contributed by atoms with Crippen LogP contribution in [0.15, 0.2) is 18.2 Å². The number of cyclic esters (lactones) is 1. The van der Waals surface area contributed by atoms with Crippen LogP contribution in [0.2, 0.25) is 0 Å². The van der Waals surface area contributed by atoms with E-state index in [0.29, 0.717) is 12.1 Å². The molecule has 0 saturated carbocycles. The standard InChI is InChI=1S/C15H14F3N3O7/c16-15(17,18)9-1-2-10(11(7-9)21(25)26)19-4-3-13(23)28-8-12(22)20-5-6-27-14(20)24/h1-2,7,19H,3-6,8H2. The van der Waals surface area contributed by atoms with Crippen molar-refractivity contribution in [1.82, 2.24) is 4.90 Å². The number of anilines is 1. The van der Waals surface area contributed by atoms with Gasteiger partial charge in [0.15, 0.2) is 6.61 Å². The van der Waals surface area contributed by atoms with Gasteiger partial charge in [-0.25, -0.2) is 9.69 Å². The number of imide groups is 1. The summed E-state index contributed by atoms with van der Waals surface area (Å²) >= 11 is 0. The third-order valence-corrected chi connectivity index (χ3v) is 3.58. The van der Waals surface area contributed by atoms with Crippen LogP contribution in [0.25, 0.3) is 0 Å². The summed E-state index contributed by atoms with van der Waals surface area (Å²) in [6.07, 6.45) is -5.89. The molecule has 2 amide bonds. The Morgan fingerprint density at radius 2 is 2.07 bits per heavy atom. The first-order chi connectivity index (χ1) is 13.1. The van der Waals surface area contributed by atoms with Crippen LogP contribution in [-0.2, 0) is 25.2 Å². The van der Waals surface area contributed by atoms with Crippen LogP contribution < -0.4 is 5.32 Å². The second-order valence-corrected chi connectivity index (χ2v) is 5.48. The molecular weight excluding hydrogens is 391 g/mol. The first-order valence-corrected chi connectivity index (χ1v) is 7.82. The number of rotatable bonds is 7. The van der Waals surface area contributed by atoms with Gasteiger partial charge in [0.2, 0.25) is 0 Å². The van der Waals surface area contributed by atoms with E-state index >= 15 is 0 Å². The molecule has 0 radical (unpaired) electrons. The third kappa shape index (κ3) is 5.31. The summed E-state index contributed by atoms with van der Waals surface area (Å²) in [4.78, 5) is 45.2. The maximum atomic E-state index is 12.6. The van der Waals surface area contributed by atoms with Gasteiger partial charge in [-0.15, -0.1) is 0 Å². The van der Waals surface area contributed by atoms with Gasteiger partial charge in [0.05, 0.1) is 23.5 Å². The summed E-state index contributed by atoms with van der Waals surface area (Å²) in [5.41, 5.74) is -2.18. The third-order valence-electron chi connectivity index (χ3n) is 3.58. The molecule has 13 heteroatoms. The molecule has 0 unspecified atom stereocenters. The zero-order valence-electron chi connectivity index (χ0n) is 14.2. The zero-order chi connectivity index (χ0) is 20.9. The molecule has 1 heterocycles. The maximum absolute atomic E-state index is 12.6. The average Bonchev–Trinajstić information content (AvgIpc) is 3.05. The summed E-state index contributed by atoms with van der Waals surface area (Å²) < 4.78 is 47.2. The predicted molar refractivity (Wildman–Crippen MR) is 85.2 cm³/mol. The van der Waals surface area contributed by atoms with E-state index in [4.69, 9.17) is 0 Å². The highest BCUT2D eigenvalue weighted by Gasteiger charge is 2.33.